The van der Waals surface area contributed by atoms with Crippen molar-refractivity contribution in [1.29, 1.82) is 0 Å². The molecule has 0 aromatic heterocycles. The zero-order chi connectivity index (χ0) is 18.4. The van der Waals surface area contributed by atoms with Gasteiger partial charge in [-0.3, -0.25) is 5.21 Å². The van der Waals surface area contributed by atoms with E-state index < -0.39 is 11.9 Å². The summed E-state index contributed by atoms with van der Waals surface area (Å²) < 4.78 is 29.3. The normalized spacial score (nSPS) is 10.3. The highest BCUT2D eigenvalue weighted by Crippen LogP contribution is 2.31. The average Bonchev–Trinajstić information content (AvgIpc) is 2.65. The number of hydroxylamine groups is 1. The van der Waals surface area contributed by atoms with Crippen molar-refractivity contribution in [2.45, 2.75) is 20.0 Å². The zero-order valence-electron chi connectivity index (χ0n) is 14.3. The number of benzene rings is 2. The van der Waals surface area contributed by atoms with Crippen LogP contribution in [0.3, 0.4) is 0 Å². The van der Waals surface area contributed by atoms with E-state index in [1.807, 2.05) is 6.92 Å². The van der Waals surface area contributed by atoms with Gasteiger partial charge in [0.2, 0.25) is 0 Å². The fourth-order valence-electron chi connectivity index (χ4n) is 2.30. The predicted octanol–water partition coefficient (Wildman–Crippen LogP) is 3.94. The average molecular weight is 349 g/mol. The van der Waals surface area contributed by atoms with E-state index in [0.717, 1.165) is 12.7 Å². The molecule has 2 aromatic rings. The first kappa shape index (κ1) is 18.5. The molecule has 25 heavy (non-hydrogen) atoms. The van der Waals surface area contributed by atoms with Gasteiger partial charge in [0.25, 0.3) is 0 Å². The van der Waals surface area contributed by atoms with Crippen molar-refractivity contribution in [3.05, 3.63) is 53.3 Å². The van der Waals surface area contributed by atoms with Gasteiger partial charge >= 0.3 is 6.09 Å². The van der Waals surface area contributed by atoms with Crippen LogP contribution in [0.1, 0.15) is 18.1 Å². The first-order chi connectivity index (χ1) is 12.0. The molecule has 0 fully saturated rings. The molecule has 7 heteroatoms. The van der Waals surface area contributed by atoms with Crippen molar-refractivity contribution in [2.24, 2.45) is 0 Å². The van der Waals surface area contributed by atoms with E-state index in [0.29, 0.717) is 22.8 Å². The van der Waals surface area contributed by atoms with Crippen LogP contribution in [-0.2, 0) is 17.8 Å². The van der Waals surface area contributed by atoms with Crippen LogP contribution in [0.4, 0.5) is 14.9 Å². The summed E-state index contributed by atoms with van der Waals surface area (Å²) in [7, 11) is 2.59. The highest BCUT2D eigenvalue weighted by atomic mass is 19.1. The Bertz CT molecular complexity index is 750. The van der Waals surface area contributed by atoms with Gasteiger partial charge in [-0.2, -0.15) is 5.06 Å². The monoisotopic (exact) mass is 349 g/mol. The van der Waals surface area contributed by atoms with Crippen molar-refractivity contribution in [2.75, 3.05) is 19.3 Å². The maximum Gasteiger partial charge on any atom is 0.438 e. The lowest BCUT2D eigenvalue weighted by atomic mass is 10.1. The third-order valence-electron chi connectivity index (χ3n) is 3.68. The van der Waals surface area contributed by atoms with Crippen LogP contribution in [0.25, 0.3) is 0 Å². The number of carbonyl (C=O) groups excluding carboxylic acids is 1. The predicted molar refractivity (Wildman–Crippen MR) is 89.8 cm³/mol. The number of halogens is 1. The summed E-state index contributed by atoms with van der Waals surface area (Å²) >= 11 is 0. The number of nitrogens with zero attached hydrogens (tertiary/aromatic N) is 1. The molecule has 0 saturated heterocycles. The number of amides is 1. The molecule has 0 aliphatic carbocycles. The third-order valence-corrected chi connectivity index (χ3v) is 3.68. The number of anilines is 1. The van der Waals surface area contributed by atoms with E-state index in [9.17, 15) is 14.4 Å². The van der Waals surface area contributed by atoms with Crippen molar-refractivity contribution >= 4 is 11.8 Å². The Morgan fingerprint density at radius 3 is 2.56 bits per heavy atom. The largest absolute Gasteiger partial charge is 0.496 e. The Morgan fingerprint density at radius 2 is 1.96 bits per heavy atom. The number of aryl methyl sites for hydroxylation is 1. The molecule has 1 N–H and O–H groups in total. The number of carbonyl (C=O) groups is 1. The summed E-state index contributed by atoms with van der Waals surface area (Å²) in [6, 6.07) is 9.46. The fraction of sp³-hybridized carbons (Fsp3) is 0.278. The van der Waals surface area contributed by atoms with Gasteiger partial charge < -0.3 is 14.2 Å². The molecule has 0 spiro atoms. The molecule has 6 nitrogen and oxygen atoms in total. The van der Waals surface area contributed by atoms with Crippen LogP contribution in [-0.4, -0.2) is 25.5 Å². The van der Waals surface area contributed by atoms with E-state index in [4.69, 9.17) is 9.47 Å². The minimum Gasteiger partial charge on any atom is -0.496 e. The number of hydrogen-bond acceptors (Lipinski definition) is 5. The van der Waals surface area contributed by atoms with E-state index >= 15 is 0 Å². The molecular weight excluding hydrogens is 329 g/mol. The molecule has 0 aliphatic heterocycles. The van der Waals surface area contributed by atoms with Crippen LogP contribution < -0.4 is 14.5 Å². The quantitative estimate of drug-likeness (QED) is 0.632. The molecule has 2 aromatic carbocycles. The Hall–Kier alpha value is -2.80. The van der Waals surface area contributed by atoms with Gasteiger partial charge in [0.15, 0.2) is 11.6 Å². The SMILES string of the molecule is CCc1ccc(OCc2c(OC)cccc2N(O)C(=O)OC)c(F)c1. The summed E-state index contributed by atoms with van der Waals surface area (Å²) in [6.45, 7) is 1.81. The molecule has 2 rings (SSSR count). The van der Waals surface area contributed by atoms with Crippen molar-refractivity contribution < 1.29 is 28.6 Å². The van der Waals surface area contributed by atoms with Crippen LogP contribution in [0.2, 0.25) is 0 Å². The van der Waals surface area contributed by atoms with Gasteiger partial charge in [0.05, 0.1) is 25.5 Å². The van der Waals surface area contributed by atoms with Crippen LogP contribution >= 0.6 is 0 Å². The molecule has 134 valence electrons. The number of hydrogen-bond donors (Lipinski definition) is 1. The Balaban J connectivity index is 2.30. The molecular formula is C18H20FNO5. The summed E-state index contributed by atoms with van der Waals surface area (Å²) in [5.41, 5.74) is 1.35. The molecule has 0 unspecified atom stereocenters. The molecule has 0 atom stereocenters. The smallest absolute Gasteiger partial charge is 0.438 e. The summed E-state index contributed by atoms with van der Waals surface area (Å²) in [5.74, 6) is -0.0349. The van der Waals surface area contributed by atoms with Crippen LogP contribution in [0, 0.1) is 5.82 Å². The maximum atomic E-state index is 14.1. The van der Waals surface area contributed by atoms with Crippen LogP contribution in [0.5, 0.6) is 11.5 Å². The van der Waals surface area contributed by atoms with Crippen molar-refractivity contribution in [3.8, 4) is 11.5 Å². The number of methoxy groups -OCH3 is 2. The van der Waals surface area contributed by atoms with Crippen molar-refractivity contribution in [3.63, 3.8) is 0 Å². The molecule has 0 heterocycles. The maximum absolute atomic E-state index is 14.1. The fourth-order valence-corrected chi connectivity index (χ4v) is 2.30. The van der Waals surface area contributed by atoms with Gasteiger partial charge in [-0.25, -0.2) is 9.18 Å². The Labute approximate surface area is 145 Å². The molecule has 1 amide bonds. The van der Waals surface area contributed by atoms with Gasteiger partial charge in [-0.1, -0.05) is 19.1 Å². The molecule has 0 bridgehead atoms. The first-order valence-corrected chi connectivity index (χ1v) is 7.65. The summed E-state index contributed by atoms with van der Waals surface area (Å²) in [6.07, 6.45) is -0.250. The highest BCUT2D eigenvalue weighted by Gasteiger charge is 2.21. The van der Waals surface area contributed by atoms with E-state index in [2.05, 4.69) is 4.74 Å². The van der Waals surface area contributed by atoms with E-state index in [1.54, 1.807) is 24.3 Å². The Morgan fingerprint density at radius 1 is 1.20 bits per heavy atom. The lowest BCUT2D eigenvalue weighted by Crippen LogP contribution is -2.28. The second kappa shape index (κ2) is 8.34. The topological polar surface area (TPSA) is 68.2 Å². The Kier molecular flexibility index (Phi) is 6.19. The second-order valence-corrected chi connectivity index (χ2v) is 5.15. The minimum absolute atomic E-state index is 0.0663. The third kappa shape index (κ3) is 4.19. The first-order valence-electron chi connectivity index (χ1n) is 7.65. The van der Waals surface area contributed by atoms with Gasteiger partial charge in [0, 0.05) is 0 Å². The zero-order valence-corrected chi connectivity index (χ0v) is 14.3. The van der Waals surface area contributed by atoms with Gasteiger partial charge in [-0.05, 0) is 36.2 Å². The summed E-state index contributed by atoms with van der Waals surface area (Å²) in [5, 5.41) is 10.3. The van der Waals surface area contributed by atoms with Crippen molar-refractivity contribution in [1.82, 2.24) is 0 Å². The number of ether oxygens (including phenoxy) is 3. The van der Waals surface area contributed by atoms with E-state index in [-0.39, 0.29) is 18.0 Å². The molecule has 0 radical (unpaired) electrons. The molecule has 0 saturated carbocycles. The molecule has 0 aliphatic rings. The lowest BCUT2D eigenvalue weighted by molar-refractivity contribution is 0.140. The minimum atomic E-state index is -0.965. The second-order valence-electron chi connectivity index (χ2n) is 5.15. The summed E-state index contributed by atoms with van der Waals surface area (Å²) in [4.78, 5) is 11.6. The standard InChI is InChI=1S/C18H20FNO5/c1-4-12-8-9-17(14(19)10-12)25-11-13-15(20(22)18(21)24-3)6-5-7-16(13)23-2/h5-10,22H,4,11H2,1-3H3. The lowest BCUT2D eigenvalue weighted by Gasteiger charge is -2.19. The van der Waals surface area contributed by atoms with Gasteiger partial charge in [-0.15, -0.1) is 0 Å². The number of rotatable bonds is 6. The van der Waals surface area contributed by atoms with Gasteiger partial charge in [0.1, 0.15) is 12.4 Å². The van der Waals surface area contributed by atoms with E-state index in [1.165, 1.54) is 19.2 Å². The highest BCUT2D eigenvalue weighted by molar-refractivity contribution is 5.86. The van der Waals surface area contributed by atoms with Crippen LogP contribution in [0.15, 0.2) is 36.4 Å².